The minimum Gasteiger partial charge on any atom is -0.370 e. The van der Waals surface area contributed by atoms with Gasteiger partial charge in [-0.2, -0.15) is 0 Å². The number of likely N-dealkylation sites (tertiary alicyclic amines) is 1. The van der Waals surface area contributed by atoms with Gasteiger partial charge in [0.05, 0.1) is 17.5 Å². The Morgan fingerprint density at radius 3 is 2.68 bits per heavy atom. The average molecular weight is 532 g/mol. The van der Waals surface area contributed by atoms with Crippen LogP contribution in [-0.4, -0.2) is 77.7 Å². The van der Waals surface area contributed by atoms with Gasteiger partial charge in [-0.1, -0.05) is 30.3 Å². The first-order chi connectivity index (χ1) is 17.8. The Bertz CT molecular complexity index is 1130. The van der Waals surface area contributed by atoms with Gasteiger partial charge in [-0.15, -0.1) is 11.3 Å². The second kappa shape index (κ2) is 13.4. The van der Waals surface area contributed by atoms with Crippen LogP contribution < -0.4 is 21.7 Å². The van der Waals surface area contributed by atoms with Crippen LogP contribution in [-0.2, 0) is 14.4 Å². The van der Waals surface area contributed by atoms with Gasteiger partial charge in [0, 0.05) is 19.3 Å². The first kappa shape index (κ1) is 27.7. The van der Waals surface area contributed by atoms with Crippen LogP contribution in [0, 0.1) is 5.41 Å². The summed E-state index contributed by atoms with van der Waals surface area (Å²) in [5.41, 5.74) is 6.14. The molecule has 3 rings (SSSR count). The maximum Gasteiger partial charge on any atom is 0.280 e. The Labute approximate surface area is 217 Å². The predicted octanol–water partition coefficient (Wildman–Crippen LogP) is 0.818. The maximum atomic E-state index is 13.0. The molecule has 1 aliphatic heterocycles. The lowest BCUT2D eigenvalue weighted by atomic mass is 10.1. The molecule has 2 heterocycles. The minimum atomic E-state index is -1.23. The Kier molecular flexibility index (Phi) is 10.1. The van der Waals surface area contributed by atoms with E-state index >= 15 is 0 Å². The molecule has 1 aromatic heterocycles. The van der Waals surface area contributed by atoms with Gasteiger partial charge in [0.15, 0.2) is 16.8 Å². The molecule has 0 aliphatic carbocycles. The molecule has 2 aromatic rings. The number of nitrogens with zero attached hydrogens (tertiary/aromatic N) is 2. The summed E-state index contributed by atoms with van der Waals surface area (Å²) in [6, 6.07) is 7.61. The fourth-order valence-corrected chi connectivity index (χ4v) is 4.83. The smallest absolute Gasteiger partial charge is 0.280 e. The molecule has 0 bridgehead atoms. The standard InChI is InChI=1S/C24H30FN7O4S/c25-12-18(33)16(8-4-10-28-24(26)27)31-21(35)17-9-5-11-32(17)20(34)14-29-22(36)23-30-13-19(37-23)15-6-2-1-3-7-15/h1-3,6-7,13,16-17H,4-5,8-12,14H2,(H,29,36)(H,31,35)(H4,26,27,28)/t16-,17-/m0/s1. The molecule has 0 unspecified atom stereocenters. The highest BCUT2D eigenvalue weighted by molar-refractivity contribution is 7.17. The Balaban J connectivity index is 1.53. The van der Waals surface area contributed by atoms with E-state index in [1.165, 1.54) is 16.2 Å². The van der Waals surface area contributed by atoms with E-state index in [1.807, 2.05) is 30.3 Å². The van der Waals surface area contributed by atoms with Crippen molar-refractivity contribution in [3.8, 4) is 10.4 Å². The number of aromatic nitrogens is 1. The number of rotatable bonds is 12. The lowest BCUT2D eigenvalue weighted by Gasteiger charge is -2.26. The number of alkyl halides is 1. The third-order valence-electron chi connectivity index (χ3n) is 5.86. The average Bonchev–Trinajstić information content (AvgIpc) is 3.59. The van der Waals surface area contributed by atoms with E-state index in [2.05, 4.69) is 20.9 Å². The maximum absolute atomic E-state index is 13.0. The number of carbonyl (C=O) groups excluding carboxylic acids is 4. The third-order valence-corrected chi connectivity index (χ3v) is 6.90. The number of carbonyl (C=O) groups is 4. The number of Topliss-reactive ketones (excluding diaryl/α,β-unsaturated/α-hetero) is 1. The number of hydrogen-bond acceptors (Lipinski definition) is 7. The summed E-state index contributed by atoms with van der Waals surface area (Å²) in [5, 5.41) is 15.1. The number of nitrogens with two attached hydrogens (primary N) is 1. The van der Waals surface area contributed by atoms with Crippen molar-refractivity contribution in [3.05, 3.63) is 41.5 Å². The van der Waals surface area contributed by atoms with E-state index < -0.39 is 42.3 Å². The molecule has 0 radical (unpaired) electrons. The summed E-state index contributed by atoms with van der Waals surface area (Å²) in [7, 11) is 0. The summed E-state index contributed by atoms with van der Waals surface area (Å²) >= 11 is 1.21. The van der Waals surface area contributed by atoms with Gasteiger partial charge < -0.3 is 26.6 Å². The van der Waals surface area contributed by atoms with Crippen molar-refractivity contribution in [1.29, 1.82) is 5.41 Å². The fourth-order valence-electron chi connectivity index (χ4n) is 3.99. The lowest BCUT2D eigenvalue weighted by Crippen LogP contribution is -2.52. The van der Waals surface area contributed by atoms with E-state index in [1.54, 1.807) is 6.20 Å². The lowest BCUT2D eigenvalue weighted by molar-refractivity contribution is -0.138. The van der Waals surface area contributed by atoms with Crippen molar-refractivity contribution in [2.45, 2.75) is 37.8 Å². The Morgan fingerprint density at radius 1 is 1.22 bits per heavy atom. The Morgan fingerprint density at radius 2 is 1.97 bits per heavy atom. The predicted molar refractivity (Wildman–Crippen MR) is 137 cm³/mol. The van der Waals surface area contributed by atoms with Gasteiger partial charge in [-0.25, -0.2) is 9.37 Å². The highest BCUT2D eigenvalue weighted by atomic mass is 32.1. The summed E-state index contributed by atoms with van der Waals surface area (Å²) in [4.78, 5) is 56.6. The second-order valence-electron chi connectivity index (χ2n) is 8.47. The van der Waals surface area contributed by atoms with E-state index in [4.69, 9.17) is 11.1 Å². The van der Waals surface area contributed by atoms with Crippen LogP contribution in [0.25, 0.3) is 10.4 Å². The SMILES string of the molecule is N=C(N)NCCC[C@H](NC(=O)[C@@H]1CCCN1C(=O)CNC(=O)c1ncc(-c2ccccc2)s1)C(=O)CF. The largest absolute Gasteiger partial charge is 0.370 e. The van der Waals surface area contributed by atoms with Crippen molar-refractivity contribution in [1.82, 2.24) is 25.8 Å². The summed E-state index contributed by atoms with van der Waals surface area (Å²) < 4.78 is 13.0. The van der Waals surface area contributed by atoms with Crippen LogP contribution in [0.3, 0.4) is 0 Å². The van der Waals surface area contributed by atoms with Crippen molar-refractivity contribution in [2.24, 2.45) is 5.73 Å². The van der Waals surface area contributed by atoms with Crippen LogP contribution in [0.5, 0.6) is 0 Å². The quantitative estimate of drug-likeness (QED) is 0.153. The van der Waals surface area contributed by atoms with Gasteiger partial charge >= 0.3 is 0 Å². The molecule has 1 aliphatic rings. The molecular formula is C24H30FN7O4S. The van der Waals surface area contributed by atoms with Gasteiger partial charge in [-0.3, -0.25) is 24.6 Å². The summed E-state index contributed by atoms with van der Waals surface area (Å²) in [6.07, 6.45) is 3.10. The number of nitrogens with one attached hydrogen (secondary N) is 4. The zero-order chi connectivity index (χ0) is 26.8. The normalized spacial score (nSPS) is 15.6. The molecule has 1 aromatic carbocycles. The molecule has 11 nitrogen and oxygen atoms in total. The van der Waals surface area contributed by atoms with E-state index in [9.17, 15) is 23.6 Å². The first-order valence-electron chi connectivity index (χ1n) is 11.9. The van der Waals surface area contributed by atoms with Crippen LogP contribution in [0.1, 0.15) is 35.5 Å². The molecule has 3 amide bonds. The monoisotopic (exact) mass is 531 g/mol. The number of thiazole rings is 1. The molecule has 1 fully saturated rings. The number of amides is 3. The highest BCUT2D eigenvalue weighted by Crippen LogP contribution is 2.25. The number of guanidine groups is 1. The molecule has 13 heteroatoms. The van der Waals surface area contributed by atoms with E-state index in [0.29, 0.717) is 32.4 Å². The third kappa shape index (κ3) is 7.81. The van der Waals surface area contributed by atoms with E-state index in [0.717, 1.165) is 10.4 Å². The number of ketones is 1. The van der Waals surface area contributed by atoms with Gasteiger partial charge in [-0.05, 0) is 31.2 Å². The summed E-state index contributed by atoms with van der Waals surface area (Å²) in [6.45, 7) is -0.924. The van der Waals surface area contributed by atoms with Gasteiger partial charge in [0.2, 0.25) is 11.8 Å². The van der Waals surface area contributed by atoms with Gasteiger partial charge in [0.25, 0.3) is 5.91 Å². The number of hydrogen-bond donors (Lipinski definition) is 5. The molecule has 6 N–H and O–H groups in total. The minimum absolute atomic E-state index is 0.157. The topological polar surface area (TPSA) is 170 Å². The zero-order valence-corrected chi connectivity index (χ0v) is 21.0. The molecule has 37 heavy (non-hydrogen) atoms. The molecule has 0 saturated carbocycles. The number of benzene rings is 1. The Hall–Kier alpha value is -3.87. The first-order valence-corrected chi connectivity index (χ1v) is 12.7. The van der Waals surface area contributed by atoms with Crippen molar-refractivity contribution in [3.63, 3.8) is 0 Å². The molecule has 198 valence electrons. The van der Waals surface area contributed by atoms with Crippen molar-refractivity contribution >= 4 is 40.8 Å². The van der Waals surface area contributed by atoms with E-state index in [-0.39, 0.29) is 23.9 Å². The summed E-state index contributed by atoms with van der Waals surface area (Å²) in [5.74, 6) is -2.47. The van der Waals surface area contributed by atoms with Gasteiger partial charge in [0.1, 0.15) is 12.7 Å². The fraction of sp³-hybridized carbons (Fsp3) is 0.417. The molecule has 2 atom stereocenters. The molecule has 1 saturated heterocycles. The van der Waals surface area contributed by atoms with Crippen LogP contribution >= 0.6 is 11.3 Å². The number of halogens is 1. The van der Waals surface area contributed by atoms with Crippen LogP contribution in [0.15, 0.2) is 36.5 Å². The van der Waals surface area contributed by atoms with Crippen molar-refractivity contribution in [2.75, 3.05) is 26.3 Å². The second-order valence-corrected chi connectivity index (χ2v) is 9.50. The molecule has 0 spiro atoms. The molecular weight excluding hydrogens is 501 g/mol. The van der Waals surface area contributed by atoms with Crippen LogP contribution in [0.2, 0.25) is 0 Å². The van der Waals surface area contributed by atoms with Crippen LogP contribution in [0.4, 0.5) is 4.39 Å². The zero-order valence-electron chi connectivity index (χ0n) is 20.2. The highest BCUT2D eigenvalue weighted by Gasteiger charge is 2.35. The van der Waals surface area contributed by atoms with Crippen molar-refractivity contribution < 1.29 is 23.6 Å².